The van der Waals surface area contributed by atoms with Crippen LogP contribution in [0.5, 0.6) is 11.5 Å². The van der Waals surface area contributed by atoms with Gasteiger partial charge in [-0.1, -0.05) is 36.4 Å². The number of benzene rings is 3. The van der Waals surface area contributed by atoms with Gasteiger partial charge in [0.05, 0.1) is 17.9 Å². The van der Waals surface area contributed by atoms with Crippen molar-refractivity contribution in [1.82, 2.24) is 4.57 Å². The molecule has 1 aliphatic heterocycles. The van der Waals surface area contributed by atoms with E-state index in [-0.39, 0.29) is 18.9 Å². The van der Waals surface area contributed by atoms with Crippen LogP contribution in [0, 0.1) is 6.92 Å². The largest absolute Gasteiger partial charge is 0.492 e. The number of carboxylic acids is 1. The van der Waals surface area contributed by atoms with Gasteiger partial charge in [-0.15, -0.1) is 0 Å². The molecular formula is C27H22FNO5. The fourth-order valence-electron chi connectivity index (χ4n) is 4.49. The summed E-state index contributed by atoms with van der Waals surface area (Å²) < 4.78 is 27.5. The number of nitrogens with zero attached hydrogens (tertiary/aromatic N) is 1. The third-order valence-electron chi connectivity index (χ3n) is 6.18. The number of halogens is 1. The number of para-hydroxylation sites is 2. The van der Waals surface area contributed by atoms with Gasteiger partial charge in [-0.3, -0.25) is 14.2 Å². The average Bonchev–Trinajstić information content (AvgIpc) is 3.38. The zero-order valence-corrected chi connectivity index (χ0v) is 18.4. The Morgan fingerprint density at radius 3 is 2.56 bits per heavy atom. The van der Waals surface area contributed by atoms with E-state index in [0.29, 0.717) is 33.8 Å². The summed E-state index contributed by atoms with van der Waals surface area (Å²) in [6, 6.07) is 20.8. The molecule has 0 spiro atoms. The number of rotatable bonds is 6. The number of ether oxygens (including phenoxy) is 2. The van der Waals surface area contributed by atoms with Crippen LogP contribution in [0.25, 0.3) is 10.9 Å². The maximum absolute atomic E-state index is 14.9. The van der Waals surface area contributed by atoms with Gasteiger partial charge in [0, 0.05) is 22.2 Å². The highest BCUT2D eigenvalue weighted by Gasteiger charge is 2.33. The van der Waals surface area contributed by atoms with Gasteiger partial charge >= 0.3 is 5.97 Å². The van der Waals surface area contributed by atoms with E-state index in [1.807, 2.05) is 30.3 Å². The normalized spacial score (nSPS) is 15.5. The number of carbonyl (C=O) groups excluding carboxylic acids is 1. The monoisotopic (exact) mass is 459 g/mol. The maximum atomic E-state index is 14.9. The van der Waals surface area contributed by atoms with Crippen molar-refractivity contribution in [2.45, 2.75) is 25.6 Å². The summed E-state index contributed by atoms with van der Waals surface area (Å²) in [5.41, 5.74) is 2.98. The predicted octanol–water partition coefficient (Wildman–Crippen LogP) is 5.12. The minimum Gasteiger partial charge on any atom is -0.492 e. The lowest BCUT2D eigenvalue weighted by atomic mass is 10.0. The second-order valence-corrected chi connectivity index (χ2v) is 8.24. The number of carbonyl (C=O) groups is 2. The Morgan fingerprint density at radius 1 is 1.09 bits per heavy atom. The van der Waals surface area contributed by atoms with Crippen LogP contribution < -0.4 is 9.47 Å². The van der Waals surface area contributed by atoms with Gasteiger partial charge in [0.2, 0.25) is 6.36 Å². The van der Waals surface area contributed by atoms with E-state index >= 15 is 0 Å². The molecule has 1 aromatic heterocycles. The predicted molar refractivity (Wildman–Crippen MR) is 124 cm³/mol. The smallest absolute Gasteiger partial charge is 0.307 e. The molecule has 172 valence electrons. The van der Waals surface area contributed by atoms with Crippen LogP contribution in [0.1, 0.15) is 33.1 Å². The zero-order valence-electron chi connectivity index (χ0n) is 18.4. The Hall–Kier alpha value is -4.13. The van der Waals surface area contributed by atoms with E-state index in [4.69, 9.17) is 9.47 Å². The van der Waals surface area contributed by atoms with Crippen LogP contribution in [0.4, 0.5) is 4.39 Å². The molecule has 34 heavy (non-hydrogen) atoms. The first-order valence-corrected chi connectivity index (χ1v) is 10.9. The number of aliphatic carboxylic acids is 1. The molecule has 0 bridgehead atoms. The maximum Gasteiger partial charge on any atom is 0.307 e. The molecule has 0 radical (unpaired) electrons. The van der Waals surface area contributed by atoms with E-state index in [0.717, 1.165) is 10.9 Å². The number of hydrogen-bond acceptors (Lipinski definition) is 4. The van der Waals surface area contributed by atoms with Crippen molar-refractivity contribution in [2.75, 3.05) is 6.61 Å². The van der Waals surface area contributed by atoms with Crippen molar-refractivity contribution in [2.24, 2.45) is 0 Å². The summed E-state index contributed by atoms with van der Waals surface area (Å²) in [4.78, 5) is 24.7. The highest BCUT2D eigenvalue weighted by atomic mass is 19.1. The number of aromatic nitrogens is 1. The zero-order chi connectivity index (χ0) is 23.8. The van der Waals surface area contributed by atoms with Crippen molar-refractivity contribution in [3.63, 3.8) is 0 Å². The Bertz CT molecular complexity index is 1390. The number of hydrogen-bond donors (Lipinski definition) is 1. The van der Waals surface area contributed by atoms with Crippen LogP contribution in [-0.4, -0.2) is 34.5 Å². The lowest BCUT2D eigenvalue weighted by Gasteiger charge is -2.17. The van der Waals surface area contributed by atoms with E-state index in [2.05, 4.69) is 0 Å². The Balaban J connectivity index is 1.38. The molecule has 7 heteroatoms. The second-order valence-electron chi connectivity index (χ2n) is 8.24. The highest BCUT2D eigenvalue weighted by molar-refractivity contribution is 6.04. The summed E-state index contributed by atoms with van der Waals surface area (Å²) >= 11 is 0. The summed E-state index contributed by atoms with van der Waals surface area (Å²) in [5.74, 6) is -0.827. The summed E-state index contributed by atoms with van der Waals surface area (Å²) in [7, 11) is 0. The fourth-order valence-corrected chi connectivity index (χ4v) is 4.49. The minimum absolute atomic E-state index is 0.175. The second kappa shape index (κ2) is 8.67. The SMILES string of the molecule is Cc1c(CC(=O)O)c2ccccc2n1C(=O)c1ccc(OC(F)[C@H]2COc3ccccc32)cc1. The molecule has 0 amide bonds. The van der Waals surface area contributed by atoms with Crippen LogP contribution in [-0.2, 0) is 11.2 Å². The molecular weight excluding hydrogens is 437 g/mol. The minimum atomic E-state index is -1.60. The Kier molecular flexibility index (Phi) is 5.53. The van der Waals surface area contributed by atoms with E-state index < -0.39 is 18.2 Å². The molecule has 1 N–H and O–H groups in total. The molecule has 0 saturated carbocycles. The molecule has 3 aromatic carbocycles. The molecule has 4 aromatic rings. The van der Waals surface area contributed by atoms with Gasteiger partial charge in [0.1, 0.15) is 18.1 Å². The highest BCUT2D eigenvalue weighted by Crippen LogP contribution is 2.37. The first-order chi connectivity index (χ1) is 16.4. The van der Waals surface area contributed by atoms with E-state index in [1.165, 1.54) is 4.57 Å². The van der Waals surface area contributed by atoms with Crippen molar-refractivity contribution in [3.8, 4) is 11.5 Å². The van der Waals surface area contributed by atoms with E-state index in [1.54, 1.807) is 49.4 Å². The molecule has 1 unspecified atom stereocenters. The van der Waals surface area contributed by atoms with E-state index in [9.17, 15) is 19.1 Å². The quantitative estimate of drug-likeness (QED) is 0.433. The Labute approximate surface area is 195 Å². The molecule has 1 aliphatic rings. The van der Waals surface area contributed by atoms with Gasteiger partial charge in [0.15, 0.2) is 0 Å². The van der Waals surface area contributed by atoms with Crippen LogP contribution >= 0.6 is 0 Å². The number of alkyl halides is 1. The number of fused-ring (bicyclic) bond motifs is 2. The fraction of sp³-hybridized carbons (Fsp3) is 0.185. The van der Waals surface area contributed by atoms with Crippen LogP contribution in [0.3, 0.4) is 0 Å². The average molecular weight is 459 g/mol. The lowest BCUT2D eigenvalue weighted by molar-refractivity contribution is -0.136. The van der Waals surface area contributed by atoms with Crippen molar-refractivity contribution < 1.29 is 28.6 Å². The topological polar surface area (TPSA) is 77.8 Å². The van der Waals surface area contributed by atoms with Gasteiger partial charge in [0.25, 0.3) is 5.91 Å². The molecule has 0 saturated heterocycles. The van der Waals surface area contributed by atoms with Crippen molar-refractivity contribution in [3.05, 3.63) is 95.2 Å². The number of carboxylic acid groups (broad SMARTS) is 1. The molecule has 0 aliphatic carbocycles. The standard InChI is InChI=1S/C27H22FNO5/c1-16-21(14-25(30)31)19-6-2-4-8-23(19)29(16)27(32)17-10-12-18(13-11-17)34-26(28)22-15-33-24-9-5-3-7-20(22)24/h2-13,22,26H,14-15H2,1H3,(H,30,31)/t22-,26?/m0/s1. The molecule has 6 nitrogen and oxygen atoms in total. The van der Waals surface area contributed by atoms with Gasteiger partial charge in [-0.2, -0.15) is 0 Å². The molecule has 2 atom stereocenters. The van der Waals surface area contributed by atoms with Gasteiger partial charge in [-0.25, -0.2) is 4.39 Å². The first kappa shape index (κ1) is 21.7. The van der Waals surface area contributed by atoms with Crippen molar-refractivity contribution >= 4 is 22.8 Å². The molecule has 0 fully saturated rings. The summed E-state index contributed by atoms with van der Waals surface area (Å²) in [6.07, 6.45) is -1.77. The third-order valence-corrected chi connectivity index (χ3v) is 6.18. The first-order valence-electron chi connectivity index (χ1n) is 10.9. The van der Waals surface area contributed by atoms with Crippen LogP contribution in [0.2, 0.25) is 0 Å². The lowest BCUT2D eigenvalue weighted by Crippen LogP contribution is -2.22. The molecule has 5 rings (SSSR count). The van der Waals surface area contributed by atoms with Crippen LogP contribution in [0.15, 0.2) is 72.8 Å². The summed E-state index contributed by atoms with van der Waals surface area (Å²) in [5, 5.41) is 10.0. The van der Waals surface area contributed by atoms with Gasteiger partial charge in [-0.05, 0) is 48.9 Å². The Morgan fingerprint density at radius 2 is 1.79 bits per heavy atom. The summed E-state index contributed by atoms with van der Waals surface area (Å²) in [6.45, 7) is 1.94. The van der Waals surface area contributed by atoms with Gasteiger partial charge < -0.3 is 14.6 Å². The third kappa shape index (κ3) is 3.79. The van der Waals surface area contributed by atoms with Crippen molar-refractivity contribution in [1.29, 1.82) is 0 Å². The molecule has 2 heterocycles.